The maximum atomic E-state index is 12.1. The van der Waals surface area contributed by atoms with Gasteiger partial charge in [-0.3, -0.25) is 4.79 Å². The summed E-state index contributed by atoms with van der Waals surface area (Å²) in [7, 11) is 0. The zero-order chi connectivity index (χ0) is 17.7. The second-order valence-electron chi connectivity index (χ2n) is 5.94. The van der Waals surface area contributed by atoms with Crippen molar-refractivity contribution in [3.8, 4) is 5.69 Å². The smallest absolute Gasteiger partial charge is 0.361 e. The third-order valence-corrected chi connectivity index (χ3v) is 3.69. The minimum Gasteiger partial charge on any atom is -0.451 e. The van der Waals surface area contributed by atoms with Gasteiger partial charge in [-0.1, -0.05) is 32.0 Å². The molecule has 1 heterocycles. The van der Waals surface area contributed by atoms with Crippen LogP contribution in [0.3, 0.4) is 0 Å². The molecule has 0 fully saturated rings. The van der Waals surface area contributed by atoms with E-state index in [1.165, 1.54) is 4.80 Å². The maximum Gasteiger partial charge on any atom is 0.361 e. The van der Waals surface area contributed by atoms with E-state index in [0.717, 1.165) is 5.69 Å². The summed E-state index contributed by atoms with van der Waals surface area (Å²) < 4.78 is 5.03. The molecule has 0 radical (unpaired) electrons. The summed E-state index contributed by atoms with van der Waals surface area (Å²) >= 11 is 0. The summed E-state index contributed by atoms with van der Waals surface area (Å²) in [4.78, 5) is 25.3. The predicted octanol–water partition coefficient (Wildman–Crippen LogP) is 1.89. The Morgan fingerprint density at radius 3 is 2.46 bits per heavy atom. The van der Waals surface area contributed by atoms with Crippen molar-refractivity contribution in [3.63, 3.8) is 0 Å². The van der Waals surface area contributed by atoms with Crippen LogP contribution in [0, 0.1) is 12.8 Å². The SMILES string of the molecule is Cc1nn(-c2ccccc2)nc1C(=O)OCC(=O)N[C@@H](C)C(C)C. The van der Waals surface area contributed by atoms with Crippen molar-refractivity contribution >= 4 is 11.9 Å². The zero-order valence-corrected chi connectivity index (χ0v) is 14.3. The van der Waals surface area contributed by atoms with Gasteiger partial charge < -0.3 is 10.1 Å². The fraction of sp³-hybridized carbons (Fsp3) is 0.412. The van der Waals surface area contributed by atoms with E-state index in [0.29, 0.717) is 11.6 Å². The molecule has 7 heteroatoms. The van der Waals surface area contributed by atoms with Crippen LogP contribution >= 0.6 is 0 Å². The van der Waals surface area contributed by atoms with Crippen molar-refractivity contribution in [3.05, 3.63) is 41.7 Å². The van der Waals surface area contributed by atoms with E-state index in [2.05, 4.69) is 15.5 Å². The summed E-state index contributed by atoms with van der Waals surface area (Å²) in [6.45, 7) is 7.24. The first-order chi connectivity index (χ1) is 11.4. The number of aromatic nitrogens is 3. The van der Waals surface area contributed by atoms with Crippen LogP contribution in [0.4, 0.5) is 0 Å². The van der Waals surface area contributed by atoms with Gasteiger partial charge in [-0.05, 0) is 31.9 Å². The first-order valence-corrected chi connectivity index (χ1v) is 7.84. The lowest BCUT2D eigenvalue weighted by atomic mass is 10.1. The van der Waals surface area contributed by atoms with Crippen molar-refractivity contribution in [1.29, 1.82) is 0 Å². The molecule has 7 nitrogen and oxygen atoms in total. The van der Waals surface area contributed by atoms with Gasteiger partial charge in [0.1, 0.15) is 0 Å². The molecule has 2 aromatic rings. The number of aryl methyl sites for hydroxylation is 1. The summed E-state index contributed by atoms with van der Waals surface area (Å²) in [5.74, 6) is -0.697. The Balaban J connectivity index is 1.98. The number of carbonyl (C=O) groups excluding carboxylic acids is 2. The van der Waals surface area contributed by atoms with E-state index in [1.807, 2.05) is 51.1 Å². The number of carbonyl (C=O) groups is 2. The van der Waals surface area contributed by atoms with Gasteiger partial charge in [-0.15, -0.1) is 5.10 Å². The van der Waals surface area contributed by atoms with Gasteiger partial charge in [-0.2, -0.15) is 9.90 Å². The van der Waals surface area contributed by atoms with Crippen molar-refractivity contribution < 1.29 is 14.3 Å². The van der Waals surface area contributed by atoms with Crippen LogP contribution < -0.4 is 5.32 Å². The van der Waals surface area contributed by atoms with Crippen molar-refractivity contribution in [2.24, 2.45) is 5.92 Å². The molecule has 0 aliphatic heterocycles. The van der Waals surface area contributed by atoms with Crippen LogP contribution in [-0.4, -0.2) is 39.5 Å². The molecule has 1 aromatic carbocycles. The maximum absolute atomic E-state index is 12.1. The molecule has 1 N–H and O–H groups in total. The lowest BCUT2D eigenvalue weighted by molar-refractivity contribution is -0.125. The Hall–Kier alpha value is -2.70. The van der Waals surface area contributed by atoms with Crippen LogP contribution in [0.1, 0.15) is 37.0 Å². The number of nitrogens with zero attached hydrogens (tertiary/aromatic N) is 3. The van der Waals surface area contributed by atoms with E-state index in [9.17, 15) is 9.59 Å². The minimum absolute atomic E-state index is 0.0110. The van der Waals surface area contributed by atoms with Gasteiger partial charge in [0.05, 0.1) is 11.4 Å². The molecule has 0 saturated carbocycles. The third kappa shape index (κ3) is 4.41. The highest BCUT2D eigenvalue weighted by molar-refractivity contribution is 5.90. The average Bonchev–Trinajstić information content (AvgIpc) is 2.95. The number of benzene rings is 1. The van der Waals surface area contributed by atoms with E-state index < -0.39 is 5.97 Å². The molecule has 24 heavy (non-hydrogen) atoms. The average molecular weight is 330 g/mol. The standard InChI is InChI=1S/C17H22N4O3/c1-11(2)12(3)18-15(22)10-24-17(23)16-13(4)19-21(20-16)14-8-6-5-7-9-14/h5-9,11-12H,10H2,1-4H3,(H,18,22)/t12-/m0/s1. The number of nitrogens with one attached hydrogen (secondary N) is 1. The highest BCUT2D eigenvalue weighted by Crippen LogP contribution is 2.09. The van der Waals surface area contributed by atoms with Crippen molar-refractivity contribution in [1.82, 2.24) is 20.3 Å². The molecule has 0 spiro atoms. The van der Waals surface area contributed by atoms with Gasteiger partial charge in [0.15, 0.2) is 12.3 Å². The molecule has 0 aliphatic carbocycles. The van der Waals surface area contributed by atoms with Crippen molar-refractivity contribution in [2.75, 3.05) is 6.61 Å². The van der Waals surface area contributed by atoms with Crippen LogP contribution in [0.2, 0.25) is 0 Å². The number of esters is 1. The Kier molecular flexibility index (Phi) is 5.68. The number of hydrogen-bond donors (Lipinski definition) is 1. The summed E-state index contributed by atoms with van der Waals surface area (Å²) in [5.41, 5.74) is 1.28. The largest absolute Gasteiger partial charge is 0.451 e. The number of para-hydroxylation sites is 1. The summed E-state index contributed by atoms with van der Waals surface area (Å²) in [6, 6.07) is 9.26. The van der Waals surface area contributed by atoms with Gasteiger partial charge in [0, 0.05) is 6.04 Å². The molecule has 0 bridgehead atoms. The Bertz CT molecular complexity index is 710. The Labute approximate surface area is 141 Å². The van der Waals surface area contributed by atoms with Crippen LogP contribution in [0.15, 0.2) is 30.3 Å². The molecule has 0 aliphatic rings. The molecule has 1 amide bonds. The van der Waals surface area contributed by atoms with Crippen LogP contribution in [0.25, 0.3) is 5.69 Å². The number of hydrogen-bond acceptors (Lipinski definition) is 5. The van der Waals surface area contributed by atoms with Crippen LogP contribution in [-0.2, 0) is 9.53 Å². The molecule has 0 unspecified atom stereocenters. The summed E-state index contributed by atoms with van der Waals surface area (Å²) in [5, 5.41) is 11.1. The second kappa shape index (κ2) is 7.72. The monoisotopic (exact) mass is 330 g/mol. The molecule has 0 saturated heterocycles. The number of ether oxygens (including phenoxy) is 1. The molecule has 2 rings (SSSR count). The fourth-order valence-corrected chi connectivity index (χ4v) is 1.91. The zero-order valence-electron chi connectivity index (χ0n) is 14.3. The quantitative estimate of drug-likeness (QED) is 0.818. The van der Waals surface area contributed by atoms with Gasteiger partial charge in [-0.25, -0.2) is 4.79 Å². The second-order valence-corrected chi connectivity index (χ2v) is 5.94. The third-order valence-electron chi connectivity index (χ3n) is 3.69. The lowest BCUT2D eigenvalue weighted by Crippen LogP contribution is -2.38. The van der Waals surface area contributed by atoms with Crippen molar-refractivity contribution in [2.45, 2.75) is 33.7 Å². The topological polar surface area (TPSA) is 86.1 Å². The Morgan fingerprint density at radius 2 is 1.83 bits per heavy atom. The normalized spacial score (nSPS) is 12.0. The fourth-order valence-electron chi connectivity index (χ4n) is 1.91. The molecule has 128 valence electrons. The number of rotatable bonds is 6. The van der Waals surface area contributed by atoms with E-state index in [1.54, 1.807) is 6.92 Å². The minimum atomic E-state index is -0.665. The van der Waals surface area contributed by atoms with Crippen LogP contribution in [0.5, 0.6) is 0 Å². The highest BCUT2D eigenvalue weighted by atomic mass is 16.5. The lowest BCUT2D eigenvalue weighted by Gasteiger charge is -2.17. The molecule has 1 aromatic heterocycles. The van der Waals surface area contributed by atoms with Gasteiger partial charge in [0.25, 0.3) is 5.91 Å². The first-order valence-electron chi connectivity index (χ1n) is 7.84. The molecule has 1 atom stereocenters. The highest BCUT2D eigenvalue weighted by Gasteiger charge is 2.19. The number of amides is 1. The van der Waals surface area contributed by atoms with Gasteiger partial charge in [0.2, 0.25) is 0 Å². The summed E-state index contributed by atoms with van der Waals surface area (Å²) in [6.07, 6.45) is 0. The Morgan fingerprint density at radius 1 is 1.17 bits per heavy atom. The van der Waals surface area contributed by atoms with E-state index in [4.69, 9.17) is 4.74 Å². The first kappa shape index (κ1) is 17.7. The van der Waals surface area contributed by atoms with E-state index >= 15 is 0 Å². The van der Waals surface area contributed by atoms with E-state index in [-0.39, 0.29) is 24.2 Å². The molecular weight excluding hydrogens is 308 g/mol. The molecular formula is C17H22N4O3. The predicted molar refractivity (Wildman–Crippen MR) is 88.8 cm³/mol. The van der Waals surface area contributed by atoms with Gasteiger partial charge >= 0.3 is 5.97 Å².